The molecule has 0 bridgehead atoms. The number of aryl methyl sites for hydroxylation is 1. The smallest absolute Gasteiger partial charge is 0.255 e. The summed E-state index contributed by atoms with van der Waals surface area (Å²) < 4.78 is 0. The van der Waals surface area contributed by atoms with E-state index in [4.69, 9.17) is 0 Å². The standard InChI is InChI=1S/C15H22N4O2/c1-11-4-5-12(8-16-11)15(21)19-7-6-13(9-19)17-14(20)10-18(2)3/h4-5,8,13H,6-7,9-10H2,1-3H3,(H,17,20)/t13-/m1/s1. The molecule has 1 fully saturated rings. The number of aromatic nitrogens is 1. The van der Waals surface area contributed by atoms with Crippen LogP contribution in [0.2, 0.25) is 0 Å². The molecule has 0 saturated carbocycles. The Morgan fingerprint density at radius 2 is 2.19 bits per heavy atom. The van der Waals surface area contributed by atoms with Crippen molar-refractivity contribution in [1.82, 2.24) is 20.1 Å². The lowest BCUT2D eigenvalue weighted by atomic mass is 10.2. The lowest BCUT2D eigenvalue weighted by molar-refractivity contribution is -0.122. The largest absolute Gasteiger partial charge is 0.350 e. The summed E-state index contributed by atoms with van der Waals surface area (Å²) in [5.41, 5.74) is 1.49. The number of nitrogens with one attached hydrogen (secondary N) is 1. The Labute approximate surface area is 125 Å². The molecule has 1 aromatic rings. The number of likely N-dealkylation sites (N-methyl/N-ethyl adjacent to an activating group) is 1. The number of rotatable bonds is 4. The molecule has 1 aliphatic rings. The van der Waals surface area contributed by atoms with Crippen LogP contribution in [0.5, 0.6) is 0 Å². The molecule has 6 nitrogen and oxygen atoms in total. The Morgan fingerprint density at radius 3 is 2.81 bits per heavy atom. The van der Waals surface area contributed by atoms with Crippen molar-refractivity contribution in [2.24, 2.45) is 0 Å². The summed E-state index contributed by atoms with van der Waals surface area (Å²) in [6.45, 7) is 3.48. The van der Waals surface area contributed by atoms with Gasteiger partial charge in [-0.25, -0.2) is 0 Å². The van der Waals surface area contributed by atoms with E-state index in [1.54, 1.807) is 17.2 Å². The third-order valence-electron chi connectivity index (χ3n) is 3.46. The van der Waals surface area contributed by atoms with Crippen LogP contribution in [0.15, 0.2) is 18.3 Å². The minimum Gasteiger partial charge on any atom is -0.350 e. The van der Waals surface area contributed by atoms with Gasteiger partial charge in [-0.3, -0.25) is 14.6 Å². The number of hydrogen-bond donors (Lipinski definition) is 1. The van der Waals surface area contributed by atoms with E-state index < -0.39 is 0 Å². The normalized spacial score (nSPS) is 18.1. The molecule has 1 aromatic heterocycles. The second-order valence-electron chi connectivity index (χ2n) is 5.73. The van der Waals surface area contributed by atoms with Crippen molar-refractivity contribution in [1.29, 1.82) is 0 Å². The minimum atomic E-state index is -0.0214. The highest BCUT2D eigenvalue weighted by Gasteiger charge is 2.28. The van der Waals surface area contributed by atoms with E-state index in [1.165, 1.54) is 0 Å². The van der Waals surface area contributed by atoms with Gasteiger partial charge in [0.05, 0.1) is 12.1 Å². The third-order valence-corrected chi connectivity index (χ3v) is 3.46. The van der Waals surface area contributed by atoms with E-state index >= 15 is 0 Å². The van der Waals surface area contributed by atoms with Gasteiger partial charge in [0.2, 0.25) is 5.91 Å². The van der Waals surface area contributed by atoms with E-state index in [1.807, 2.05) is 32.0 Å². The van der Waals surface area contributed by atoms with Gasteiger partial charge in [0.1, 0.15) is 0 Å². The van der Waals surface area contributed by atoms with Crippen LogP contribution in [0, 0.1) is 6.92 Å². The Morgan fingerprint density at radius 1 is 1.43 bits per heavy atom. The molecule has 0 spiro atoms. The lowest BCUT2D eigenvalue weighted by Gasteiger charge is -2.18. The fraction of sp³-hybridized carbons (Fsp3) is 0.533. The van der Waals surface area contributed by atoms with E-state index in [0.29, 0.717) is 25.2 Å². The van der Waals surface area contributed by atoms with Crippen molar-refractivity contribution in [2.45, 2.75) is 19.4 Å². The maximum Gasteiger partial charge on any atom is 0.255 e. The first-order valence-electron chi connectivity index (χ1n) is 7.11. The van der Waals surface area contributed by atoms with Gasteiger partial charge in [-0.2, -0.15) is 0 Å². The van der Waals surface area contributed by atoms with Crippen LogP contribution >= 0.6 is 0 Å². The van der Waals surface area contributed by atoms with Crippen molar-refractivity contribution in [3.05, 3.63) is 29.6 Å². The second-order valence-corrected chi connectivity index (χ2v) is 5.73. The molecule has 6 heteroatoms. The SMILES string of the molecule is Cc1ccc(C(=O)N2CC[C@@H](NC(=O)CN(C)C)C2)cn1. The summed E-state index contributed by atoms with van der Waals surface area (Å²) >= 11 is 0. The van der Waals surface area contributed by atoms with E-state index in [0.717, 1.165) is 12.1 Å². The zero-order chi connectivity index (χ0) is 15.4. The van der Waals surface area contributed by atoms with Gasteiger partial charge in [-0.05, 0) is 39.6 Å². The van der Waals surface area contributed by atoms with E-state index in [-0.39, 0.29) is 17.9 Å². The minimum absolute atomic E-state index is 0.00342. The summed E-state index contributed by atoms with van der Waals surface area (Å²) in [6, 6.07) is 3.67. The first-order valence-corrected chi connectivity index (χ1v) is 7.11. The molecule has 2 rings (SSSR count). The van der Waals surface area contributed by atoms with Crippen LogP contribution in [0.25, 0.3) is 0 Å². The van der Waals surface area contributed by atoms with E-state index in [9.17, 15) is 9.59 Å². The number of nitrogens with zero attached hydrogens (tertiary/aromatic N) is 3. The van der Waals surface area contributed by atoms with Gasteiger partial charge in [0, 0.05) is 31.0 Å². The first kappa shape index (κ1) is 15.4. The van der Waals surface area contributed by atoms with Crippen molar-refractivity contribution >= 4 is 11.8 Å². The highest BCUT2D eigenvalue weighted by atomic mass is 16.2. The van der Waals surface area contributed by atoms with Gasteiger partial charge < -0.3 is 15.1 Å². The number of hydrogen-bond acceptors (Lipinski definition) is 4. The van der Waals surface area contributed by atoms with Crippen molar-refractivity contribution in [2.75, 3.05) is 33.7 Å². The van der Waals surface area contributed by atoms with Gasteiger partial charge in [-0.15, -0.1) is 0 Å². The molecule has 1 aliphatic heterocycles. The molecule has 0 aliphatic carbocycles. The summed E-state index contributed by atoms with van der Waals surface area (Å²) in [7, 11) is 3.71. The maximum atomic E-state index is 12.3. The van der Waals surface area contributed by atoms with Crippen molar-refractivity contribution in [3.8, 4) is 0 Å². The average molecular weight is 290 g/mol. The fourth-order valence-corrected chi connectivity index (χ4v) is 2.40. The molecule has 1 atom stereocenters. The molecule has 1 N–H and O–H groups in total. The number of carbonyl (C=O) groups excluding carboxylic acids is 2. The molecule has 21 heavy (non-hydrogen) atoms. The van der Waals surface area contributed by atoms with Crippen molar-refractivity contribution < 1.29 is 9.59 Å². The number of pyridine rings is 1. The lowest BCUT2D eigenvalue weighted by Crippen LogP contribution is -2.42. The van der Waals surface area contributed by atoms with Crippen molar-refractivity contribution in [3.63, 3.8) is 0 Å². The molecule has 0 aromatic carbocycles. The monoisotopic (exact) mass is 290 g/mol. The summed E-state index contributed by atoms with van der Waals surface area (Å²) in [5.74, 6) is -0.0249. The van der Waals surface area contributed by atoms with Crippen LogP contribution in [-0.4, -0.2) is 66.4 Å². The molecule has 2 amide bonds. The Balaban J connectivity index is 1.88. The van der Waals surface area contributed by atoms with Gasteiger partial charge >= 0.3 is 0 Å². The summed E-state index contributed by atoms with van der Waals surface area (Å²) in [4.78, 5) is 31.8. The zero-order valence-corrected chi connectivity index (χ0v) is 12.8. The quantitative estimate of drug-likeness (QED) is 0.865. The highest BCUT2D eigenvalue weighted by molar-refractivity contribution is 5.94. The Bertz CT molecular complexity index is 513. The molecular formula is C15H22N4O2. The number of likely N-dealkylation sites (tertiary alicyclic amines) is 1. The predicted octanol–water partition coefficient (Wildman–Crippen LogP) is 0.282. The second kappa shape index (κ2) is 6.67. The molecule has 0 unspecified atom stereocenters. The predicted molar refractivity (Wildman–Crippen MR) is 80.0 cm³/mol. The summed E-state index contributed by atoms with van der Waals surface area (Å²) in [5, 5.41) is 2.97. The Hall–Kier alpha value is -1.95. The third kappa shape index (κ3) is 4.26. The summed E-state index contributed by atoms with van der Waals surface area (Å²) in [6.07, 6.45) is 2.40. The first-order chi connectivity index (χ1) is 9.95. The van der Waals surface area contributed by atoms with Crippen LogP contribution in [0.1, 0.15) is 22.5 Å². The van der Waals surface area contributed by atoms with Crippen LogP contribution < -0.4 is 5.32 Å². The molecule has 114 valence electrons. The van der Waals surface area contributed by atoms with E-state index in [2.05, 4.69) is 10.3 Å². The highest BCUT2D eigenvalue weighted by Crippen LogP contribution is 2.13. The number of carbonyl (C=O) groups is 2. The van der Waals surface area contributed by atoms with Gasteiger partial charge in [0.15, 0.2) is 0 Å². The van der Waals surface area contributed by atoms with Crippen LogP contribution in [-0.2, 0) is 4.79 Å². The molecule has 1 saturated heterocycles. The number of amides is 2. The topological polar surface area (TPSA) is 65.5 Å². The maximum absolute atomic E-state index is 12.3. The average Bonchev–Trinajstić information content (AvgIpc) is 2.86. The fourth-order valence-electron chi connectivity index (χ4n) is 2.40. The molecular weight excluding hydrogens is 268 g/mol. The van der Waals surface area contributed by atoms with Crippen LogP contribution in [0.4, 0.5) is 0 Å². The molecule has 2 heterocycles. The van der Waals surface area contributed by atoms with Gasteiger partial charge in [-0.1, -0.05) is 0 Å². The van der Waals surface area contributed by atoms with Gasteiger partial charge in [0.25, 0.3) is 5.91 Å². The van der Waals surface area contributed by atoms with Crippen LogP contribution in [0.3, 0.4) is 0 Å². The Kier molecular flexibility index (Phi) is 4.90. The zero-order valence-electron chi connectivity index (χ0n) is 12.8. The molecule has 0 radical (unpaired) electrons.